The van der Waals surface area contributed by atoms with Crippen LogP contribution in [0.1, 0.15) is 36.6 Å². The van der Waals surface area contributed by atoms with Gasteiger partial charge in [0.05, 0.1) is 6.04 Å². The number of hydrogen-bond acceptors (Lipinski definition) is 3. The number of rotatable bonds is 6. The molecule has 2 nitrogen and oxygen atoms in total. The van der Waals surface area contributed by atoms with Gasteiger partial charge in [0.2, 0.25) is 0 Å². The third-order valence-corrected chi connectivity index (χ3v) is 5.80. The Morgan fingerprint density at radius 3 is 2.94 bits per heavy atom. The van der Waals surface area contributed by atoms with Gasteiger partial charge in [0, 0.05) is 15.9 Å². The van der Waals surface area contributed by atoms with Crippen molar-refractivity contribution >= 4 is 38.9 Å². The first kappa shape index (κ1) is 14.5. The number of thiophene rings is 1. The van der Waals surface area contributed by atoms with Crippen LogP contribution in [0.15, 0.2) is 22.2 Å². The highest BCUT2D eigenvalue weighted by molar-refractivity contribution is 9.10. The van der Waals surface area contributed by atoms with Gasteiger partial charge in [-0.25, -0.2) is 0 Å². The first-order valence-electron chi connectivity index (χ1n) is 6.26. The van der Waals surface area contributed by atoms with Crippen LogP contribution in [-0.2, 0) is 0 Å². The van der Waals surface area contributed by atoms with Crippen LogP contribution in [0.2, 0.25) is 4.34 Å². The third kappa shape index (κ3) is 3.81. The zero-order valence-corrected chi connectivity index (χ0v) is 13.4. The van der Waals surface area contributed by atoms with Crippen molar-refractivity contribution < 1.29 is 0 Å². The van der Waals surface area contributed by atoms with Crippen LogP contribution in [0.4, 0.5) is 0 Å². The lowest BCUT2D eigenvalue weighted by Gasteiger charge is -2.15. The van der Waals surface area contributed by atoms with Crippen molar-refractivity contribution in [3.63, 3.8) is 0 Å². The van der Waals surface area contributed by atoms with Gasteiger partial charge >= 0.3 is 0 Å². The molecule has 5 heteroatoms. The van der Waals surface area contributed by atoms with Gasteiger partial charge in [-0.15, -0.1) is 11.3 Å². The lowest BCUT2D eigenvalue weighted by molar-refractivity contribution is 0.549. The first-order valence-corrected chi connectivity index (χ1v) is 8.25. The second-order valence-corrected chi connectivity index (χ2v) is 7.06. The van der Waals surface area contributed by atoms with Crippen molar-refractivity contribution in [1.29, 1.82) is 0 Å². The molecule has 0 aliphatic heterocycles. The second-order valence-electron chi connectivity index (χ2n) is 4.52. The van der Waals surface area contributed by atoms with E-state index >= 15 is 0 Å². The topological polar surface area (TPSA) is 38.0 Å². The van der Waals surface area contributed by atoms with E-state index in [-0.39, 0.29) is 6.04 Å². The maximum Gasteiger partial charge on any atom is 0.107 e. The molecule has 100 valence electrons. The quantitative estimate of drug-likeness (QED) is 0.753. The van der Waals surface area contributed by atoms with Crippen molar-refractivity contribution in [3.05, 3.63) is 31.4 Å². The smallest absolute Gasteiger partial charge is 0.107 e. The minimum Gasteiger partial charge on any atom is -0.329 e. The summed E-state index contributed by atoms with van der Waals surface area (Å²) in [5.41, 5.74) is 7.42. The molecule has 0 fully saturated rings. The van der Waals surface area contributed by atoms with E-state index in [1.54, 1.807) is 16.9 Å². The minimum atomic E-state index is 0.209. The summed E-state index contributed by atoms with van der Waals surface area (Å²) in [5.74, 6) is 0. The molecule has 0 saturated heterocycles. The highest BCUT2D eigenvalue weighted by Crippen LogP contribution is 2.35. The molecule has 3 N–H and O–H groups in total. The van der Waals surface area contributed by atoms with Crippen LogP contribution in [0, 0.1) is 0 Å². The van der Waals surface area contributed by atoms with E-state index < -0.39 is 0 Å². The van der Waals surface area contributed by atoms with Crippen molar-refractivity contribution in [1.82, 2.24) is 5.32 Å². The van der Waals surface area contributed by atoms with Gasteiger partial charge in [0.25, 0.3) is 0 Å². The summed E-state index contributed by atoms with van der Waals surface area (Å²) in [5, 5.41) is 3.52. The zero-order chi connectivity index (χ0) is 13.0. The molecule has 1 aromatic rings. The minimum absolute atomic E-state index is 0.209. The Labute approximate surface area is 126 Å². The standard InChI is InChI=1S/C13H18BrClN2S/c14-10-7-12(18-13(10)15)11(8-16)17-6-5-9-3-1-2-4-9/h3,7,11,17H,1-2,4-6,8,16H2. The van der Waals surface area contributed by atoms with Gasteiger partial charge < -0.3 is 11.1 Å². The summed E-state index contributed by atoms with van der Waals surface area (Å²) in [6, 6.07) is 2.27. The number of allylic oxidation sites excluding steroid dienone is 1. The molecule has 0 bridgehead atoms. The van der Waals surface area contributed by atoms with Gasteiger partial charge in [-0.2, -0.15) is 0 Å². The van der Waals surface area contributed by atoms with Crippen LogP contribution in [0.5, 0.6) is 0 Å². The van der Waals surface area contributed by atoms with Gasteiger partial charge in [-0.1, -0.05) is 23.3 Å². The molecular weight excluding hydrogens is 332 g/mol. The van der Waals surface area contributed by atoms with Crippen molar-refractivity contribution in [2.75, 3.05) is 13.1 Å². The SMILES string of the molecule is NCC(NCCC1=CCCC1)c1cc(Br)c(Cl)s1. The molecule has 0 spiro atoms. The maximum atomic E-state index is 6.06. The molecule has 1 unspecified atom stereocenters. The number of nitrogens with one attached hydrogen (secondary N) is 1. The molecule has 18 heavy (non-hydrogen) atoms. The number of halogens is 2. The molecule has 1 atom stereocenters. The fourth-order valence-electron chi connectivity index (χ4n) is 2.21. The van der Waals surface area contributed by atoms with E-state index in [2.05, 4.69) is 33.4 Å². The Hall–Kier alpha value is 0.130. The third-order valence-electron chi connectivity index (χ3n) is 3.22. The van der Waals surface area contributed by atoms with Gasteiger partial charge in [0.1, 0.15) is 4.34 Å². The van der Waals surface area contributed by atoms with Crippen LogP contribution in [0.3, 0.4) is 0 Å². The average molecular weight is 350 g/mol. The second kappa shape index (κ2) is 7.06. The normalized spacial score (nSPS) is 16.9. The van der Waals surface area contributed by atoms with Crippen molar-refractivity contribution in [2.45, 2.75) is 31.7 Å². The van der Waals surface area contributed by atoms with E-state index in [9.17, 15) is 0 Å². The maximum absolute atomic E-state index is 6.06. The molecule has 1 aromatic heterocycles. The largest absolute Gasteiger partial charge is 0.329 e. The van der Waals surface area contributed by atoms with Crippen LogP contribution in [-0.4, -0.2) is 13.1 Å². The van der Waals surface area contributed by atoms with Crippen molar-refractivity contribution in [2.24, 2.45) is 5.73 Å². The Morgan fingerprint density at radius 2 is 2.39 bits per heavy atom. The van der Waals surface area contributed by atoms with Crippen LogP contribution in [0.25, 0.3) is 0 Å². The van der Waals surface area contributed by atoms with Crippen LogP contribution < -0.4 is 11.1 Å². The lowest BCUT2D eigenvalue weighted by Crippen LogP contribution is -2.28. The molecule has 2 rings (SSSR count). The predicted octanol–water partition coefficient (Wildman–Crippen LogP) is 4.25. The van der Waals surface area contributed by atoms with Gasteiger partial charge in [0.15, 0.2) is 0 Å². The number of nitrogens with two attached hydrogens (primary N) is 1. The number of hydrogen-bond donors (Lipinski definition) is 2. The lowest BCUT2D eigenvalue weighted by atomic mass is 10.1. The Kier molecular flexibility index (Phi) is 5.70. The summed E-state index contributed by atoms with van der Waals surface area (Å²) >= 11 is 11.1. The molecule has 0 saturated carbocycles. The first-order chi connectivity index (χ1) is 8.70. The molecule has 1 aliphatic rings. The molecule has 1 heterocycles. The highest BCUT2D eigenvalue weighted by Gasteiger charge is 2.14. The Balaban J connectivity index is 1.85. The molecule has 0 aromatic carbocycles. The molecule has 0 radical (unpaired) electrons. The van der Waals surface area contributed by atoms with Crippen LogP contribution >= 0.6 is 38.9 Å². The average Bonchev–Trinajstić information content (AvgIpc) is 2.96. The molecule has 1 aliphatic carbocycles. The summed E-state index contributed by atoms with van der Waals surface area (Å²) in [4.78, 5) is 1.20. The predicted molar refractivity (Wildman–Crippen MR) is 83.4 cm³/mol. The van der Waals surface area contributed by atoms with Crippen molar-refractivity contribution in [3.8, 4) is 0 Å². The molecule has 0 amide bonds. The molecular formula is C13H18BrClN2S. The highest BCUT2D eigenvalue weighted by atomic mass is 79.9. The van der Waals surface area contributed by atoms with E-state index in [1.807, 2.05) is 0 Å². The van der Waals surface area contributed by atoms with E-state index in [4.69, 9.17) is 17.3 Å². The monoisotopic (exact) mass is 348 g/mol. The fourth-order valence-corrected chi connectivity index (χ4v) is 4.03. The van der Waals surface area contributed by atoms with Gasteiger partial charge in [-0.3, -0.25) is 0 Å². The van der Waals surface area contributed by atoms with E-state index in [0.717, 1.165) is 21.8 Å². The summed E-state index contributed by atoms with van der Waals surface area (Å²) < 4.78 is 1.76. The summed E-state index contributed by atoms with van der Waals surface area (Å²) in [7, 11) is 0. The van der Waals surface area contributed by atoms with Gasteiger partial charge in [-0.05, 0) is 54.2 Å². The van der Waals surface area contributed by atoms with E-state index in [0.29, 0.717) is 6.54 Å². The zero-order valence-electron chi connectivity index (χ0n) is 10.2. The van der Waals surface area contributed by atoms with E-state index in [1.165, 1.54) is 24.1 Å². The Bertz CT molecular complexity index is 411. The summed E-state index contributed by atoms with van der Waals surface area (Å²) in [6.07, 6.45) is 7.35. The Morgan fingerprint density at radius 1 is 1.56 bits per heavy atom. The summed E-state index contributed by atoms with van der Waals surface area (Å²) in [6.45, 7) is 1.59. The fraction of sp³-hybridized carbons (Fsp3) is 0.538.